The lowest BCUT2D eigenvalue weighted by Gasteiger charge is -2.19. The average molecular weight is 397 g/mol. The normalized spacial score (nSPS) is 11.8. The number of hydrogen-bond donors (Lipinski definition) is 3. The summed E-state index contributed by atoms with van der Waals surface area (Å²) in [5.41, 5.74) is 4.30. The maximum atomic E-state index is 13.1. The molecule has 4 rings (SSSR count). The Balaban J connectivity index is 1.55. The monoisotopic (exact) mass is 397 g/mol. The Labute approximate surface area is 175 Å². The van der Waals surface area contributed by atoms with Gasteiger partial charge in [0.15, 0.2) is 0 Å². The van der Waals surface area contributed by atoms with E-state index in [1.54, 1.807) is 0 Å². The summed E-state index contributed by atoms with van der Waals surface area (Å²) in [6.07, 6.45) is 2.03. The fourth-order valence-corrected chi connectivity index (χ4v) is 3.53. The van der Waals surface area contributed by atoms with E-state index in [0.717, 1.165) is 33.3 Å². The van der Waals surface area contributed by atoms with Crippen LogP contribution in [0.1, 0.15) is 22.7 Å². The van der Waals surface area contributed by atoms with E-state index in [0.29, 0.717) is 0 Å². The summed E-state index contributed by atoms with van der Waals surface area (Å²) in [4.78, 5) is 29.1. The molecule has 1 atom stereocenters. The summed E-state index contributed by atoms with van der Waals surface area (Å²) < 4.78 is 0. The van der Waals surface area contributed by atoms with E-state index >= 15 is 0 Å². The number of amides is 2. The lowest BCUT2D eigenvalue weighted by molar-refractivity contribution is -0.126. The molecule has 5 heteroatoms. The van der Waals surface area contributed by atoms with Crippen molar-refractivity contribution in [2.45, 2.75) is 19.4 Å². The minimum atomic E-state index is -0.788. The molecule has 1 aromatic heterocycles. The minimum Gasteiger partial charge on any atom is -0.361 e. The van der Waals surface area contributed by atoms with Crippen LogP contribution in [0.25, 0.3) is 10.9 Å². The van der Waals surface area contributed by atoms with Crippen molar-refractivity contribution in [2.75, 3.05) is 5.32 Å². The predicted octanol–water partition coefficient (Wildman–Crippen LogP) is 4.52. The number of aryl methyl sites for hydroxylation is 1. The molecule has 1 heterocycles. The molecule has 5 nitrogen and oxygen atoms in total. The van der Waals surface area contributed by atoms with Gasteiger partial charge in [-0.15, -0.1) is 0 Å². The lowest BCUT2D eigenvalue weighted by atomic mass is 10.0. The van der Waals surface area contributed by atoms with Crippen molar-refractivity contribution in [1.82, 2.24) is 10.3 Å². The number of anilines is 1. The van der Waals surface area contributed by atoms with Crippen LogP contribution in [-0.4, -0.2) is 16.8 Å². The standard InChI is InChI=1S/C25H23N3O2/c1-17-9-5-7-13-21(17)27-25(30)24(18-10-3-2-4-11-18)28-23(29)15-19-16-26-22-14-8-6-12-20(19)22/h2-14,16,24,26H,15H2,1H3,(H,27,30)(H,28,29)/t24-/m0/s1. The quantitative estimate of drug-likeness (QED) is 0.448. The molecule has 0 aliphatic rings. The van der Waals surface area contributed by atoms with Gasteiger partial charge in [0.2, 0.25) is 5.91 Å². The van der Waals surface area contributed by atoms with Crippen LogP contribution in [0, 0.1) is 6.92 Å². The third-order valence-electron chi connectivity index (χ3n) is 5.13. The maximum absolute atomic E-state index is 13.1. The van der Waals surface area contributed by atoms with Gasteiger partial charge in [-0.05, 0) is 35.7 Å². The Kier molecular flexibility index (Phi) is 5.61. The lowest BCUT2D eigenvalue weighted by Crippen LogP contribution is -2.37. The van der Waals surface area contributed by atoms with Crippen LogP contribution in [0.4, 0.5) is 5.69 Å². The number of carbonyl (C=O) groups is 2. The van der Waals surface area contributed by atoms with Crippen molar-refractivity contribution in [3.05, 3.63) is 102 Å². The molecule has 0 radical (unpaired) electrons. The number of hydrogen-bond acceptors (Lipinski definition) is 2. The number of rotatable bonds is 6. The van der Waals surface area contributed by atoms with Crippen molar-refractivity contribution in [2.24, 2.45) is 0 Å². The summed E-state index contributed by atoms with van der Waals surface area (Å²) in [6, 6.07) is 23.9. The van der Waals surface area contributed by atoms with E-state index in [9.17, 15) is 9.59 Å². The van der Waals surface area contributed by atoms with Crippen molar-refractivity contribution >= 4 is 28.4 Å². The number of nitrogens with one attached hydrogen (secondary N) is 3. The second-order valence-corrected chi connectivity index (χ2v) is 7.25. The minimum absolute atomic E-state index is 0.186. The third kappa shape index (κ3) is 4.25. The van der Waals surface area contributed by atoms with Crippen LogP contribution in [0.3, 0.4) is 0 Å². The molecule has 150 valence electrons. The molecule has 0 bridgehead atoms. The first-order chi connectivity index (χ1) is 14.6. The molecular weight excluding hydrogens is 374 g/mol. The Morgan fingerprint density at radius 1 is 0.900 bits per heavy atom. The molecule has 4 aromatic rings. The summed E-state index contributed by atoms with van der Waals surface area (Å²) in [6.45, 7) is 1.93. The second kappa shape index (κ2) is 8.66. The molecule has 0 saturated carbocycles. The van der Waals surface area contributed by atoms with Gasteiger partial charge in [-0.25, -0.2) is 0 Å². The van der Waals surface area contributed by atoms with E-state index in [1.165, 1.54) is 0 Å². The number of fused-ring (bicyclic) bond motifs is 1. The predicted molar refractivity (Wildman–Crippen MR) is 119 cm³/mol. The Morgan fingerprint density at radius 2 is 1.60 bits per heavy atom. The van der Waals surface area contributed by atoms with Crippen molar-refractivity contribution in [1.29, 1.82) is 0 Å². The summed E-state index contributed by atoms with van der Waals surface area (Å²) >= 11 is 0. The van der Waals surface area contributed by atoms with Crippen LogP contribution in [0.5, 0.6) is 0 Å². The molecule has 0 aliphatic heterocycles. The van der Waals surface area contributed by atoms with Gasteiger partial charge >= 0.3 is 0 Å². The highest BCUT2D eigenvalue weighted by molar-refractivity contribution is 5.99. The Hall–Kier alpha value is -3.86. The fraction of sp³-hybridized carbons (Fsp3) is 0.120. The van der Waals surface area contributed by atoms with E-state index in [2.05, 4.69) is 15.6 Å². The van der Waals surface area contributed by atoms with Crippen LogP contribution >= 0.6 is 0 Å². The first-order valence-corrected chi connectivity index (χ1v) is 9.87. The van der Waals surface area contributed by atoms with E-state index in [4.69, 9.17) is 0 Å². The Bertz CT molecular complexity index is 1180. The molecule has 2 amide bonds. The van der Waals surface area contributed by atoms with Gasteiger partial charge in [-0.2, -0.15) is 0 Å². The van der Waals surface area contributed by atoms with Crippen LogP contribution < -0.4 is 10.6 Å². The number of H-pyrrole nitrogens is 1. The average Bonchev–Trinajstić information content (AvgIpc) is 3.17. The molecule has 3 N–H and O–H groups in total. The molecule has 0 fully saturated rings. The van der Waals surface area contributed by atoms with E-state index in [-0.39, 0.29) is 18.2 Å². The number of para-hydroxylation sites is 2. The number of aromatic nitrogens is 1. The van der Waals surface area contributed by atoms with E-state index < -0.39 is 6.04 Å². The largest absolute Gasteiger partial charge is 0.361 e. The molecule has 0 saturated heterocycles. The van der Waals surface area contributed by atoms with Crippen molar-refractivity contribution in [3.8, 4) is 0 Å². The maximum Gasteiger partial charge on any atom is 0.251 e. The third-order valence-corrected chi connectivity index (χ3v) is 5.13. The van der Waals surface area contributed by atoms with Gasteiger partial charge in [0.1, 0.15) is 6.04 Å². The number of benzene rings is 3. The van der Waals surface area contributed by atoms with Gasteiger partial charge in [0, 0.05) is 22.8 Å². The van der Waals surface area contributed by atoms with Crippen LogP contribution in [-0.2, 0) is 16.0 Å². The SMILES string of the molecule is Cc1ccccc1NC(=O)[C@@H](NC(=O)Cc1c[nH]c2ccccc12)c1ccccc1. The first kappa shape index (κ1) is 19.5. The summed E-state index contributed by atoms with van der Waals surface area (Å²) in [5, 5.41) is 6.86. The van der Waals surface area contributed by atoms with Crippen molar-refractivity contribution < 1.29 is 9.59 Å². The van der Waals surface area contributed by atoms with E-state index in [1.807, 2.05) is 92.0 Å². The molecule has 0 spiro atoms. The van der Waals surface area contributed by atoms with Gasteiger partial charge in [-0.3, -0.25) is 9.59 Å². The molecule has 0 aliphatic carbocycles. The van der Waals surface area contributed by atoms with Gasteiger partial charge in [-0.1, -0.05) is 66.7 Å². The highest BCUT2D eigenvalue weighted by Gasteiger charge is 2.23. The fourth-order valence-electron chi connectivity index (χ4n) is 3.53. The first-order valence-electron chi connectivity index (χ1n) is 9.87. The topological polar surface area (TPSA) is 74.0 Å². The van der Waals surface area contributed by atoms with Crippen molar-refractivity contribution in [3.63, 3.8) is 0 Å². The number of carbonyl (C=O) groups excluding carboxylic acids is 2. The highest BCUT2D eigenvalue weighted by atomic mass is 16.2. The van der Waals surface area contributed by atoms with Gasteiger partial charge in [0.25, 0.3) is 5.91 Å². The zero-order valence-corrected chi connectivity index (χ0v) is 16.7. The zero-order chi connectivity index (χ0) is 20.9. The molecule has 3 aromatic carbocycles. The summed E-state index contributed by atoms with van der Waals surface area (Å²) in [5.74, 6) is -0.490. The molecule has 30 heavy (non-hydrogen) atoms. The Morgan fingerprint density at radius 3 is 2.40 bits per heavy atom. The highest BCUT2D eigenvalue weighted by Crippen LogP contribution is 2.21. The smallest absolute Gasteiger partial charge is 0.251 e. The zero-order valence-electron chi connectivity index (χ0n) is 16.7. The van der Waals surface area contributed by atoms with Crippen LogP contribution in [0.2, 0.25) is 0 Å². The van der Waals surface area contributed by atoms with Gasteiger partial charge in [0.05, 0.1) is 6.42 Å². The van der Waals surface area contributed by atoms with Gasteiger partial charge < -0.3 is 15.6 Å². The molecule has 0 unspecified atom stereocenters. The second-order valence-electron chi connectivity index (χ2n) is 7.25. The van der Waals surface area contributed by atoms with Crippen LogP contribution in [0.15, 0.2) is 85.1 Å². The molecular formula is C25H23N3O2. The number of aromatic amines is 1. The summed E-state index contributed by atoms with van der Waals surface area (Å²) in [7, 11) is 0.